The molecule has 0 unspecified atom stereocenters. The first-order chi connectivity index (χ1) is 11.5. The molecule has 24 heavy (non-hydrogen) atoms. The van der Waals surface area contributed by atoms with Gasteiger partial charge in [0.05, 0.1) is 11.3 Å². The Morgan fingerprint density at radius 2 is 1.96 bits per heavy atom. The fourth-order valence-electron chi connectivity index (χ4n) is 2.69. The summed E-state index contributed by atoms with van der Waals surface area (Å²) in [6.45, 7) is 0.195. The summed E-state index contributed by atoms with van der Waals surface area (Å²) in [5.41, 5.74) is 2.09. The highest BCUT2D eigenvalue weighted by atomic mass is 32.3. The lowest BCUT2D eigenvalue weighted by atomic mass is 10.1. The Kier molecular flexibility index (Phi) is 3.49. The maximum atomic E-state index is 12.2. The molecule has 2 aromatic rings. The molecule has 0 radical (unpaired) electrons. The van der Waals surface area contributed by atoms with Crippen LogP contribution in [0.4, 0.5) is 5.69 Å². The maximum Gasteiger partial charge on any atom is 0.231 e. The minimum Gasteiger partial charge on any atom is -0.454 e. The Labute approximate surface area is 140 Å². The fourth-order valence-corrected chi connectivity index (χ4v) is 3.96. The van der Waals surface area contributed by atoms with Crippen molar-refractivity contribution in [3.05, 3.63) is 52.9 Å². The molecule has 124 valence electrons. The number of hydrogen-bond donors (Lipinski definition) is 3. The zero-order valence-corrected chi connectivity index (χ0v) is 13.4. The van der Waals surface area contributed by atoms with Gasteiger partial charge in [-0.25, -0.2) is 0 Å². The van der Waals surface area contributed by atoms with Crippen LogP contribution in [-0.4, -0.2) is 21.8 Å². The van der Waals surface area contributed by atoms with Gasteiger partial charge in [-0.05, 0) is 41.5 Å². The van der Waals surface area contributed by atoms with Crippen LogP contribution in [0.25, 0.3) is 6.08 Å². The van der Waals surface area contributed by atoms with Gasteiger partial charge in [-0.3, -0.25) is 13.9 Å². The van der Waals surface area contributed by atoms with E-state index in [0.29, 0.717) is 22.1 Å². The molecule has 2 heterocycles. The zero-order chi connectivity index (χ0) is 16.7. The summed E-state index contributed by atoms with van der Waals surface area (Å²) in [5, 5.41) is 4.16. The summed E-state index contributed by atoms with van der Waals surface area (Å²) in [6.07, 6.45) is 1.85. The second kappa shape index (κ2) is 5.55. The minimum absolute atomic E-state index is 0.183. The molecular weight excluding hydrogens is 330 g/mol. The minimum atomic E-state index is -2.89. The number of hydrogen-bond acceptors (Lipinski definition) is 5. The lowest BCUT2D eigenvalue weighted by Crippen LogP contribution is -2.14. The van der Waals surface area contributed by atoms with E-state index in [-0.39, 0.29) is 19.1 Å². The van der Waals surface area contributed by atoms with Crippen LogP contribution in [0, 0.1) is 0 Å². The molecule has 7 heteroatoms. The van der Waals surface area contributed by atoms with E-state index in [1.54, 1.807) is 36.4 Å². The van der Waals surface area contributed by atoms with Gasteiger partial charge >= 0.3 is 0 Å². The predicted octanol–water partition coefficient (Wildman–Crippen LogP) is 3.69. The largest absolute Gasteiger partial charge is 0.454 e. The number of carbonyl (C=O) groups excluding carboxylic acids is 1. The van der Waals surface area contributed by atoms with E-state index in [1.165, 1.54) is 5.41 Å². The third-order valence-corrected chi connectivity index (χ3v) is 5.38. The molecule has 0 bridgehead atoms. The molecule has 0 saturated heterocycles. The monoisotopic (exact) mass is 345 g/mol. The average Bonchev–Trinajstić information content (AvgIpc) is 3.12. The van der Waals surface area contributed by atoms with Crippen molar-refractivity contribution >= 4 is 28.3 Å². The summed E-state index contributed by atoms with van der Waals surface area (Å²) < 4.78 is 30.4. The van der Waals surface area contributed by atoms with Gasteiger partial charge in [0, 0.05) is 11.1 Å². The molecule has 2 aliphatic rings. The molecule has 3 N–H and O–H groups in total. The first-order valence-corrected chi connectivity index (χ1v) is 8.91. The van der Waals surface area contributed by atoms with E-state index < -0.39 is 10.6 Å². The van der Waals surface area contributed by atoms with E-state index in [0.717, 1.165) is 11.1 Å². The van der Waals surface area contributed by atoms with Gasteiger partial charge in [-0.15, -0.1) is 10.6 Å². The standard InChI is InChI=1S/C17H15NO5S/c19-17(8-11-1-4-14-15(7-11)23-10-22-14)18-13-3-2-12-5-6-24(20,21)16(12)9-13/h1-7,9,20-21H,8,10H2,(H,18,19). The Bertz CT molecular complexity index is 862. The summed E-state index contributed by atoms with van der Waals surface area (Å²) in [7, 11) is -2.89. The van der Waals surface area contributed by atoms with Crippen LogP contribution in [0.15, 0.2) is 46.7 Å². The van der Waals surface area contributed by atoms with Gasteiger partial charge in [-0.1, -0.05) is 12.1 Å². The lowest BCUT2D eigenvalue weighted by Gasteiger charge is -2.25. The van der Waals surface area contributed by atoms with Crippen LogP contribution in [0.3, 0.4) is 0 Å². The van der Waals surface area contributed by atoms with Crippen molar-refractivity contribution < 1.29 is 23.4 Å². The number of nitrogens with one attached hydrogen (secondary N) is 1. The molecule has 0 atom stereocenters. The Balaban J connectivity index is 1.47. The number of carbonyl (C=O) groups is 1. The van der Waals surface area contributed by atoms with Gasteiger partial charge in [0.15, 0.2) is 11.5 Å². The number of rotatable bonds is 3. The number of benzene rings is 2. The van der Waals surface area contributed by atoms with Gasteiger partial charge < -0.3 is 14.8 Å². The molecule has 4 rings (SSSR count). The van der Waals surface area contributed by atoms with Gasteiger partial charge in [0.25, 0.3) is 0 Å². The van der Waals surface area contributed by atoms with Crippen molar-refractivity contribution in [1.82, 2.24) is 0 Å². The maximum absolute atomic E-state index is 12.2. The highest BCUT2D eigenvalue weighted by Crippen LogP contribution is 2.56. The van der Waals surface area contributed by atoms with Crippen molar-refractivity contribution in [2.45, 2.75) is 11.3 Å². The predicted molar refractivity (Wildman–Crippen MR) is 91.5 cm³/mol. The first-order valence-electron chi connectivity index (χ1n) is 7.30. The number of anilines is 1. The first kappa shape index (κ1) is 15.1. The molecule has 1 amide bonds. The fraction of sp³-hybridized carbons (Fsp3) is 0.118. The quantitative estimate of drug-likeness (QED) is 0.789. The van der Waals surface area contributed by atoms with Crippen LogP contribution in [0.1, 0.15) is 11.1 Å². The third-order valence-electron chi connectivity index (χ3n) is 3.86. The highest BCUT2D eigenvalue weighted by molar-refractivity contribution is 8.27. The second-order valence-corrected chi connectivity index (χ2v) is 7.46. The molecule has 0 spiro atoms. The molecule has 0 aliphatic carbocycles. The van der Waals surface area contributed by atoms with Crippen LogP contribution in [0.2, 0.25) is 0 Å². The Morgan fingerprint density at radius 1 is 1.12 bits per heavy atom. The van der Waals surface area contributed by atoms with Crippen molar-refractivity contribution in [2.24, 2.45) is 0 Å². The normalized spacial score (nSPS) is 17.4. The van der Waals surface area contributed by atoms with Crippen molar-refractivity contribution in [3.63, 3.8) is 0 Å². The second-order valence-electron chi connectivity index (χ2n) is 5.56. The number of fused-ring (bicyclic) bond motifs is 2. The van der Waals surface area contributed by atoms with E-state index in [2.05, 4.69) is 5.32 Å². The van der Waals surface area contributed by atoms with E-state index in [4.69, 9.17) is 9.47 Å². The third kappa shape index (κ3) is 2.73. The summed E-state index contributed by atoms with van der Waals surface area (Å²) in [5.74, 6) is 1.12. The van der Waals surface area contributed by atoms with Crippen LogP contribution in [-0.2, 0) is 11.2 Å². The lowest BCUT2D eigenvalue weighted by molar-refractivity contribution is -0.115. The molecule has 0 saturated carbocycles. The average molecular weight is 345 g/mol. The highest BCUT2D eigenvalue weighted by Gasteiger charge is 2.22. The zero-order valence-electron chi connectivity index (χ0n) is 12.6. The molecule has 0 aromatic heterocycles. The van der Waals surface area contributed by atoms with Crippen LogP contribution >= 0.6 is 10.6 Å². The number of amides is 1. The van der Waals surface area contributed by atoms with Crippen molar-refractivity contribution in [1.29, 1.82) is 0 Å². The van der Waals surface area contributed by atoms with Crippen LogP contribution < -0.4 is 14.8 Å². The topological polar surface area (TPSA) is 88.0 Å². The molecule has 6 nitrogen and oxygen atoms in total. The van der Waals surface area contributed by atoms with Gasteiger partial charge in [0.2, 0.25) is 12.7 Å². The van der Waals surface area contributed by atoms with Crippen molar-refractivity contribution in [3.8, 4) is 11.5 Å². The number of ether oxygens (including phenoxy) is 2. The van der Waals surface area contributed by atoms with E-state index in [9.17, 15) is 13.9 Å². The SMILES string of the molecule is O=C(Cc1ccc2c(c1)OCO2)Nc1ccc2c(c1)S(O)(O)C=C2. The molecule has 0 fully saturated rings. The molecular formula is C17H15NO5S. The summed E-state index contributed by atoms with van der Waals surface area (Å²) in [6, 6.07) is 10.5. The Hall–Kier alpha value is -2.48. The smallest absolute Gasteiger partial charge is 0.231 e. The van der Waals surface area contributed by atoms with Gasteiger partial charge in [-0.2, -0.15) is 0 Å². The molecule has 2 aromatic carbocycles. The van der Waals surface area contributed by atoms with E-state index in [1.807, 2.05) is 6.07 Å². The van der Waals surface area contributed by atoms with Gasteiger partial charge in [0.1, 0.15) is 0 Å². The summed E-state index contributed by atoms with van der Waals surface area (Å²) >= 11 is 0. The molecule has 2 aliphatic heterocycles. The van der Waals surface area contributed by atoms with E-state index >= 15 is 0 Å². The summed E-state index contributed by atoms with van der Waals surface area (Å²) in [4.78, 5) is 12.7. The van der Waals surface area contributed by atoms with Crippen LogP contribution in [0.5, 0.6) is 11.5 Å². The Morgan fingerprint density at radius 3 is 2.83 bits per heavy atom. The van der Waals surface area contributed by atoms with Crippen molar-refractivity contribution in [2.75, 3.05) is 12.1 Å².